The van der Waals surface area contributed by atoms with Gasteiger partial charge in [-0.05, 0) is 40.8 Å². The number of rotatable bonds is 4. The summed E-state index contributed by atoms with van der Waals surface area (Å²) in [7, 11) is 0. The number of benzene rings is 3. The maximum atomic E-state index is 11.9. The Kier molecular flexibility index (Phi) is 5.05. The molecular formula is C24H26N2O2. The zero-order valence-corrected chi connectivity index (χ0v) is 16.0. The van der Waals surface area contributed by atoms with Crippen molar-refractivity contribution in [3.8, 4) is 0 Å². The normalized spacial score (nSPS) is 23.5. The van der Waals surface area contributed by atoms with Gasteiger partial charge in [0, 0.05) is 24.1 Å². The second-order valence-electron chi connectivity index (χ2n) is 7.77. The maximum Gasteiger partial charge on any atom is 0.220 e. The molecular weight excluding hydrogens is 348 g/mol. The molecule has 0 aliphatic carbocycles. The highest BCUT2D eigenvalue weighted by Crippen LogP contribution is 2.41. The number of aliphatic hydroxyl groups excluding tert-OH is 1. The minimum absolute atomic E-state index is 0.00612. The number of primary amides is 1. The number of piperidine rings is 1. The van der Waals surface area contributed by atoms with Gasteiger partial charge in [-0.1, -0.05) is 67.6 Å². The molecule has 4 unspecified atom stereocenters. The number of nitrogens with two attached hydrogens (primary N) is 1. The summed E-state index contributed by atoms with van der Waals surface area (Å²) in [5.41, 5.74) is 7.80. The average molecular weight is 374 g/mol. The third kappa shape index (κ3) is 3.48. The van der Waals surface area contributed by atoms with Gasteiger partial charge in [-0.3, -0.25) is 4.79 Å². The molecule has 1 saturated heterocycles. The second kappa shape index (κ2) is 7.64. The summed E-state index contributed by atoms with van der Waals surface area (Å²) in [5, 5.41) is 13.3. The monoisotopic (exact) mass is 374 g/mol. The Morgan fingerprint density at radius 3 is 2.43 bits per heavy atom. The number of amides is 1. The average Bonchev–Trinajstić information content (AvgIpc) is 2.73. The van der Waals surface area contributed by atoms with Crippen LogP contribution in [0.25, 0.3) is 10.8 Å². The largest absolute Gasteiger partial charge is 0.374 e. The van der Waals surface area contributed by atoms with Crippen LogP contribution >= 0.6 is 0 Å². The van der Waals surface area contributed by atoms with Gasteiger partial charge in [0.25, 0.3) is 0 Å². The Morgan fingerprint density at radius 2 is 1.71 bits per heavy atom. The van der Waals surface area contributed by atoms with Crippen LogP contribution in [0.4, 0.5) is 5.69 Å². The highest BCUT2D eigenvalue weighted by molar-refractivity contribution is 5.86. The fourth-order valence-corrected chi connectivity index (χ4v) is 4.45. The maximum absolute atomic E-state index is 11.9. The van der Waals surface area contributed by atoms with E-state index in [0.717, 1.165) is 11.1 Å². The van der Waals surface area contributed by atoms with Gasteiger partial charge in [0.15, 0.2) is 0 Å². The van der Waals surface area contributed by atoms with E-state index in [0.29, 0.717) is 13.0 Å². The molecule has 1 aliphatic rings. The molecule has 0 saturated carbocycles. The number of carbonyl (C=O) groups is 1. The van der Waals surface area contributed by atoms with E-state index >= 15 is 0 Å². The van der Waals surface area contributed by atoms with Crippen LogP contribution in [0.15, 0.2) is 72.8 Å². The molecule has 0 bridgehead atoms. The van der Waals surface area contributed by atoms with E-state index in [9.17, 15) is 9.90 Å². The van der Waals surface area contributed by atoms with Gasteiger partial charge in [0.05, 0.1) is 0 Å². The Morgan fingerprint density at radius 1 is 1.04 bits per heavy atom. The summed E-state index contributed by atoms with van der Waals surface area (Å²) < 4.78 is 0. The summed E-state index contributed by atoms with van der Waals surface area (Å²) >= 11 is 0. The zero-order valence-electron chi connectivity index (χ0n) is 16.0. The van der Waals surface area contributed by atoms with Gasteiger partial charge in [0.1, 0.15) is 6.23 Å². The molecule has 3 aromatic rings. The van der Waals surface area contributed by atoms with Crippen molar-refractivity contribution < 1.29 is 9.90 Å². The van der Waals surface area contributed by atoms with Crippen molar-refractivity contribution in [2.75, 3.05) is 11.4 Å². The topological polar surface area (TPSA) is 66.6 Å². The molecule has 1 fully saturated rings. The molecule has 4 nitrogen and oxygen atoms in total. The summed E-state index contributed by atoms with van der Waals surface area (Å²) in [6.07, 6.45) is -0.135. The predicted octanol–water partition coefficient (Wildman–Crippen LogP) is 3.89. The summed E-state index contributed by atoms with van der Waals surface area (Å²) in [4.78, 5) is 14.0. The fourth-order valence-electron chi connectivity index (χ4n) is 4.45. The van der Waals surface area contributed by atoms with Gasteiger partial charge in [-0.15, -0.1) is 0 Å². The van der Waals surface area contributed by atoms with E-state index in [1.807, 2.05) is 42.2 Å². The van der Waals surface area contributed by atoms with Crippen molar-refractivity contribution in [1.82, 2.24) is 0 Å². The van der Waals surface area contributed by atoms with Gasteiger partial charge in [-0.25, -0.2) is 0 Å². The Hall–Kier alpha value is -2.85. The van der Waals surface area contributed by atoms with Gasteiger partial charge in [-0.2, -0.15) is 0 Å². The Bertz CT molecular complexity index is 973. The molecule has 4 rings (SSSR count). The Labute approximate surface area is 165 Å². The van der Waals surface area contributed by atoms with Crippen molar-refractivity contribution in [2.45, 2.75) is 25.5 Å². The molecule has 3 N–H and O–H groups in total. The zero-order chi connectivity index (χ0) is 19.7. The minimum Gasteiger partial charge on any atom is -0.374 e. The van der Waals surface area contributed by atoms with Crippen LogP contribution in [-0.2, 0) is 4.79 Å². The van der Waals surface area contributed by atoms with Crippen molar-refractivity contribution >= 4 is 22.4 Å². The summed E-state index contributed by atoms with van der Waals surface area (Å²) in [6.45, 7) is 2.52. The molecule has 0 radical (unpaired) electrons. The molecule has 0 aromatic heterocycles. The van der Waals surface area contributed by atoms with Crippen LogP contribution in [0.3, 0.4) is 0 Å². The molecule has 1 amide bonds. The number of anilines is 1. The van der Waals surface area contributed by atoms with Crippen LogP contribution < -0.4 is 10.6 Å². The predicted molar refractivity (Wildman–Crippen MR) is 113 cm³/mol. The lowest BCUT2D eigenvalue weighted by Crippen LogP contribution is -2.49. The molecule has 1 aliphatic heterocycles. The first-order valence-electron chi connectivity index (χ1n) is 9.82. The van der Waals surface area contributed by atoms with Gasteiger partial charge < -0.3 is 15.7 Å². The van der Waals surface area contributed by atoms with Crippen molar-refractivity contribution in [3.63, 3.8) is 0 Å². The van der Waals surface area contributed by atoms with E-state index in [-0.39, 0.29) is 23.7 Å². The Balaban J connectivity index is 1.70. The van der Waals surface area contributed by atoms with E-state index in [4.69, 9.17) is 5.73 Å². The number of nitrogens with zero attached hydrogens (tertiary/aromatic N) is 1. The quantitative estimate of drug-likeness (QED) is 0.728. The summed E-state index contributed by atoms with van der Waals surface area (Å²) in [6, 6.07) is 24.7. The fraction of sp³-hybridized carbons (Fsp3) is 0.292. The lowest BCUT2D eigenvalue weighted by molar-refractivity contribution is -0.123. The molecule has 1 heterocycles. The molecule has 144 valence electrons. The second-order valence-corrected chi connectivity index (χ2v) is 7.77. The van der Waals surface area contributed by atoms with Crippen LogP contribution in [0.5, 0.6) is 0 Å². The third-order valence-corrected chi connectivity index (χ3v) is 6.14. The number of hydrogen-bond donors (Lipinski definition) is 2. The van der Waals surface area contributed by atoms with Gasteiger partial charge in [0.2, 0.25) is 5.91 Å². The SMILES string of the molecule is CC(C(N)=O)C1CC(O)N(c2ccc3ccccc3c2)CC1c1ccccc1. The molecule has 3 aromatic carbocycles. The smallest absolute Gasteiger partial charge is 0.220 e. The first-order valence-corrected chi connectivity index (χ1v) is 9.82. The minimum atomic E-state index is -0.645. The standard InChI is InChI=1S/C24H26N2O2/c1-16(24(25)28)21-14-23(27)26(15-22(21)18-8-3-2-4-9-18)20-12-11-17-7-5-6-10-19(17)13-20/h2-13,16,21-23,27H,14-15H2,1H3,(H2,25,28). The third-order valence-electron chi connectivity index (χ3n) is 6.14. The number of aliphatic hydroxyl groups is 1. The first kappa shape index (κ1) is 18.5. The lowest BCUT2D eigenvalue weighted by Gasteiger charge is -2.45. The van der Waals surface area contributed by atoms with E-state index in [2.05, 4.69) is 42.5 Å². The molecule has 4 atom stereocenters. The highest BCUT2D eigenvalue weighted by Gasteiger charge is 2.40. The number of carbonyl (C=O) groups excluding carboxylic acids is 1. The first-order chi connectivity index (χ1) is 13.5. The number of hydrogen-bond acceptors (Lipinski definition) is 3. The van der Waals surface area contributed by atoms with Crippen LogP contribution in [0.1, 0.15) is 24.8 Å². The van der Waals surface area contributed by atoms with E-state index in [1.165, 1.54) is 10.9 Å². The van der Waals surface area contributed by atoms with Crippen LogP contribution in [0, 0.1) is 11.8 Å². The molecule has 0 spiro atoms. The number of fused-ring (bicyclic) bond motifs is 1. The van der Waals surface area contributed by atoms with E-state index < -0.39 is 6.23 Å². The van der Waals surface area contributed by atoms with Crippen molar-refractivity contribution in [2.24, 2.45) is 17.6 Å². The van der Waals surface area contributed by atoms with Crippen molar-refractivity contribution in [1.29, 1.82) is 0 Å². The van der Waals surface area contributed by atoms with Crippen LogP contribution in [-0.4, -0.2) is 23.8 Å². The molecule has 28 heavy (non-hydrogen) atoms. The van der Waals surface area contributed by atoms with Gasteiger partial charge >= 0.3 is 0 Å². The highest BCUT2D eigenvalue weighted by atomic mass is 16.3. The molecule has 4 heteroatoms. The van der Waals surface area contributed by atoms with Crippen LogP contribution in [0.2, 0.25) is 0 Å². The summed E-state index contributed by atoms with van der Waals surface area (Å²) in [5.74, 6) is -0.471. The lowest BCUT2D eigenvalue weighted by atomic mass is 9.73. The van der Waals surface area contributed by atoms with E-state index in [1.54, 1.807) is 0 Å². The van der Waals surface area contributed by atoms with Crippen molar-refractivity contribution in [3.05, 3.63) is 78.4 Å².